The van der Waals surface area contributed by atoms with Gasteiger partial charge in [-0.05, 0) is 44.4 Å². The van der Waals surface area contributed by atoms with E-state index in [-0.39, 0.29) is 24.0 Å². The highest BCUT2D eigenvalue weighted by Crippen LogP contribution is 2.58. The van der Waals surface area contributed by atoms with Crippen LogP contribution in [0.5, 0.6) is 0 Å². The van der Waals surface area contributed by atoms with Crippen LogP contribution in [-0.4, -0.2) is 68.2 Å². The Hall–Kier alpha value is -2.60. The highest BCUT2D eigenvalue weighted by molar-refractivity contribution is 7.59. The SMILES string of the molecule is CCCCCCOC(=O)[C@@]1(NP(=O)(CO[C@H](C)Cn2cnc3c(N)ncnc32)N[C@]2(C(=O)OCCCCCC)C[C@H]2CC)CC1CC. The van der Waals surface area contributed by atoms with Gasteiger partial charge in [0.05, 0.1) is 32.2 Å². The number of esters is 2. The van der Waals surface area contributed by atoms with Crippen molar-refractivity contribution in [2.45, 2.75) is 135 Å². The summed E-state index contributed by atoms with van der Waals surface area (Å²) in [6, 6.07) is 0. The smallest absolute Gasteiger partial charge is 0.327 e. The van der Waals surface area contributed by atoms with Crippen molar-refractivity contribution >= 4 is 36.4 Å². The predicted molar refractivity (Wildman–Crippen MR) is 181 cm³/mol. The lowest BCUT2D eigenvalue weighted by Gasteiger charge is -2.31. The summed E-state index contributed by atoms with van der Waals surface area (Å²) in [7, 11) is -3.74. The van der Waals surface area contributed by atoms with E-state index in [4.69, 9.17) is 19.9 Å². The maximum Gasteiger partial charge on any atom is 0.327 e. The maximum atomic E-state index is 15.0. The van der Waals surface area contributed by atoms with Crippen molar-refractivity contribution in [1.82, 2.24) is 29.7 Å². The Morgan fingerprint density at radius 2 is 1.47 bits per heavy atom. The van der Waals surface area contributed by atoms with E-state index in [9.17, 15) is 9.59 Å². The zero-order valence-electron chi connectivity index (χ0n) is 29.0. The number of nitrogens with two attached hydrogens (primary N) is 1. The number of hydrogen-bond donors (Lipinski definition) is 3. The van der Waals surface area contributed by atoms with Crippen molar-refractivity contribution in [2.24, 2.45) is 11.8 Å². The number of aromatic nitrogens is 4. The fraction of sp³-hybridized carbons (Fsp3) is 0.788. The summed E-state index contributed by atoms with van der Waals surface area (Å²) in [6.07, 6.45) is 12.7. The van der Waals surface area contributed by atoms with E-state index in [0.29, 0.717) is 43.8 Å². The van der Waals surface area contributed by atoms with Gasteiger partial charge in [-0.15, -0.1) is 0 Å². The van der Waals surface area contributed by atoms with Crippen molar-refractivity contribution in [2.75, 3.05) is 25.3 Å². The molecule has 264 valence electrons. The number of rotatable bonds is 23. The van der Waals surface area contributed by atoms with Crippen LogP contribution in [0.3, 0.4) is 0 Å². The van der Waals surface area contributed by atoms with E-state index >= 15 is 4.57 Å². The molecule has 0 aliphatic heterocycles. The number of fused-ring (bicyclic) bond motifs is 1. The highest BCUT2D eigenvalue weighted by Gasteiger charge is 2.67. The molecule has 13 nitrogen and oxygen atoms in total. The van der Waals surface area contributed by atoms with Gasteiger partial charge >= 0.3 is 11.9 Å². The highest BCUT2D eigenvalue weighted by atomic mass is 31.2. The van der Waals surface area contributed by atoms with Crippen LogP contribution < -0.4 is 15.9 Å². The molecule has 2 aliphatic rings. The number of imidazole rings is 1. The molecule has 47 heavy (non-hydrogen) atoms. The molecule has 2 unspecified atom stereocenters. The van der Waals surface area contributed by atoms with Crippen molar-refractivity contribution < 1.29 is 28.4 Å². The Morgan fingerprint density at radius 1 is 0.915 bits per heavy atom. The first-order chi connectivity index (χ1) is 22.6. The van der Waals surface area contributed by atoms with Crippen LogP contribution in [0.4, 0.5) is 5.82 Å². The molecule has 0 radical (unpaired) electrons. The zero-order valence-corrected chi connectivity index (χ0v) is 29.9. The number of nitrogens with zero attached hydrogens (tertiary/aromatic N) is 4. The second-order valence-corrected chi connectivity index (χ2v) is 15.5. The molecule has 2 saturated carbocycles. The molecule has 2 aliphatic carbocycles. The van der Waals surface area contributed by atoms with Gasteiger partial charge in [0.2, 0.25) is 7.44 Å². The van der Waals surface area contributed by atoms with Gasteiger partial charge in [0.15, 0.2) is 11.5 Å². The van der Waals surface area contributed by atoms with Crippen LogP contribution in [0.15, 0.2) is 12.7 Å². The van der Waals surface area contributed by atoms with E-state index in [1.54, 1.807) is 10.9 Å². The molecule has 2 heterocycles. The first-order valence-corrected chi connectivity index (χ1v) is 19.5. The molecule has 2 aromatic rings. The van der Waals surface area contributed by atoms with Crippen LogP contribution in [0.25, 0.3) is 11.2 Å². The van der Waals surface area contributed by atoms with Crippen LogP contribution in [-0.2, 0) is 34.9 Å². The minimum Gasteiger partial charge on any atom is -0.464 e. The van der Waals surface area contributed by atoms with Gasteiger partial charge in [0.25, 0.3) is 0 Å². The molecular weight excluding hydrogens is 621 g/mol. The standard InChI is InChI=1S/C33H56N7O6P/c1-6-10-12-14-16-44-30(41)32(18-25(32)8-3)38-47(43,39-33(19-26(33)9-4)31(42)45-17-15-13-11-7-2)23-46-24(5)20-40-22-37-27-28(34)35-21-36-29(27)40/h21-22,24-26H,6-20,23H2,1-5H3,(H2,34,35,36)(H2,38,39,43)/t24-,25-,26?,32-,33-,47?/m1/s1. The second-order valence-electron chi connectivity index (χ2n) is 13.4. The summed E-state index contributed by atoms with van der Waals surface area (Å²) in [5.74, 6) is -0.580. The van der Waals surface area contributed by atoms with Crippen LogP contribution in [0.2, 0.25) is 0 Å². The monoisotopic (exact) mass is 677 g/mol. The van der Waals surface area contributed by atoms with Gasteiger partial charge in [-0.1, -0.05) is 79.1 Å². The minimum atomic E-state index is -3.74. The van der Waals surface area contributed by atoms with Gasteiger partial charge in [0.1, 0.15) is 29.3 Å². The number of nitrogen functional groups attached to an aromatic ring is 1. The average molecular weight is 678 g/mol. The van der Waals surface area contributed by atoms with E-state index < -0.39 is 36.6 Å². The third-order valence-electron chi connectivity index (χ3n) is 9.57. The molecule has 0 aromatic carbocycles. The number of hydrogen-bond acceptors (Lipinski definition) is 10. The number of nitrogens with one attached hydrogen (secondary N) is 2. The van der Waals surface area contributed by atoms with Gasteiger partial charge in [-0.3, -0.25) is 14.2 Å². The molecule has 0 bridgehead atoms. The van der Waals surface area contributed by atoms with Gasteiger partial charge in [-0.2, -0.15) is 0 Å². The molecule has 6 atom stereocenters. The Morgan fingerprint density at radius 3 is 1.96 bits per heavy atom. The number of carbonyl (C=O) groups is 2. The van der Waals surface area contributed by atoms with Crippen molar-refractivity contribution in [1.29, 1.82) is 0 Å². The molecule has 4 N–H and O–H groups in total. The van der Waals surface area contributed by atoms with Gasteiger partial charge in [-0.25, -0.2) is 25.1 Å². The summed E-state index contributed by atoms with van der Waals surface area (Å²) in [5.41, 5.74) is 4.81. The van der Waals surface area contributed by atoms with Crippen molar-refractivity contribution in [3.63, 3.8) is 0 Å². The summed E-state index contributed by atoms with van der Waals surface area (Å²) < 4.78 is 34.6. The maximum absolute atomic E-state index is 15.0. The fourth-order valence-electron chi connectivity index (χ4n) is 6.49. The molecule has 4 rings (SSSR count). The predicted octanol–water partition coefficient (Wildman–Crippen LogP) is 5.73. The van der Waals surface area contributed by atoms with Crippen molar-refractivity contribution in [3.8, 4) is 0 Å². The Balaban J connectivity index is 1.52. The molecule has 0 spiro atoms. The Kier molecular flexibility index (Phi) is 13.2. The zero-order chi connectivity index (χ0) is 34.1. The summed E-state index contributed by atoms with van der Waals surface area (Å²) in [4.78, 5) is 39.8. The fourth-order valence-corrected chi connectivity index (χ4v) is 9.16. The molecule has 2 fully saturated rings. The summed E-state index contributed by atoms with van der Waals surface area (Å²) >= 11 is 0. The normalized spacial score (nSPS) is 25.3. The quantitative estimate of drug-likeness (QED) is 0.0742. The lowest BCUT2D eigenvalue weighted by Crippen LogP contribution is -2.49. The molecular formula is C33H56N7O6P. The number of ether oxygens (including phenoxy) is 3. The lowest BCUT2D eigenvalue weighted by atomic mass is 10.2. The number of anilines is 1. The van der Waals surface area contributed by atoms with E-state index in [1.807, 2.05) is 20.8 Å². The van der Waals surface area contributed by atoms with Crippen LogP contribution in [0, 0.1) is 11.8 Å². The third kappa shape index (κ3) is 9.10. The number of unbranched alkanes of at least 4 members (excludes halogenated alkanes) is 6. The Bertz CT molecular complexity index is 1340. The number of carbonyl (C=O) groups excluding carboxylic acids is 2. The van der Waals surface area contributed by atoms with E-state index in [2.05, 4.69) is 39.0 Å². The van der Waals surface area contributed by atoms with Crippen molar-refractivity contribution in [3.05, 3.63) is 12.7 Å². The van der Waals surface area contributed by atoms with Crippen LogP contribution >= 0.6 is 7.44 Å². The third-order valence-corrected chi connectivity index (χ3v) is 11.6. The first kappa shape index (κ1) is 37.2. The largest absolute Gasteiger partial charge is 0.464 e. The molecule has 2 aromatic heterocycles. The average Bonchev–Trinajstić information content (AvgIpc) is 3.92. The Labute approximate surface area is 279 Å². The van der Waals surface area contributed by atoms with Gasteiger partial charge in [0, 0.05) is 0 Å². The topological polar surface area (TPSA) is 173 Å². The minimum absolute atomic E-state index is 0.0386. The lowest BCUT2D eigenvalue weighted by molar-refractivity contribution is -0.148. The first-order valence-electron chi connectivity index (χ1n) is 17.6. The summed E-state index contributed by atoms with van der Waals surface area (Å²) in [5, 5.41) is 6.49. The molecule has 0 saturated heterocycles. The van der Waals surface area contributed by atoms with E-state index in [1.165, 1.54) is 6.33 Å². The van der Waals surface area contributed by atoms with E-state index in [0.717, 1.165) is 64.2 Å². The molecule has 0 amide bonds. The molecule has 14 heteroatoms. The van der Waals surface area contributed by atoms with Gasteiger partial charge < -0.3 is 24.5 Å². The van der Waals surface area contributed by atoms with Crippen LogP contribution in [0.1, 0.15) is 112 Å². The second kappa shape index (κ2) is 16.7. The summed E-state index contributed by atoms with van der Waals surface area (Å²) in [6.45, 7) is 11.2.